The highest BCUT2D eigenvalue weighted by Crippen LogP contribution is 2.68. The lowest BCUT2D eigenvalue weighted by molar-refractivity contribution is -0.211. The molecular weight excluding hydrogens is 408 g/mol. The minimum atomic E-state index is -1.23. The molecule has 8 rings (SSSR count). The number of esters is 1. The Morgan fingerprint density at radius 3 is 2.58 bits per heavy atom. The first kappa shape index (κ1) is 18.5. The summed E-state index contributed by atoms with van der Waals surface area (Å²) in [5.41, 5.74) is 0.256. The summed E-state index contributed by atoms with van der Waals surface area (Å²) in [5, 5.41) is 11.0. The first-order valence-electron chi connectivity index (χ1n) is 10.8. The number of rotatable bonds is 1. The molecule has 12 atom stereocenters. The smallest absolute Gasteiger partial charge is 0.303 e. The zero-order valence-electron chi connectivity index (χ0n) is 17.1. The first-order chi connectivity index (χ1) is 14.8. The van der Waals surface area contributed by atoms with Gasteiger partial charge in [-0.15, -0.1) is 0 Å². The van der Waals surface area contributed by atoms with E-state index in [0.717, 1.165) is 0 Å². The van der Waals surface area contributed by atoms with Crippen LogP contribution in [0.2, 0.25) is 0 Å². The second-order valence-corrected chi connectivity index (χ2v) is 9.67. The SMILES string of the molecule is CC(=O)O[C@H]1C2=C(C(=O)[C@H]3O[C@@H]31)C1[C@H](C)O[C@H]2[C@@]23C(=O)[C@H]4O[C@@H]4[C@@H](O)C2=CO[C@H](C)[C@@H]13. The van der Waals surface area contributed by atoms with Crippen molar-refractivity contribution in [1.29, 1.82) is 0 Å². The van der Waals surface area contributed by atoms with Crippen LogP contribution in [0.4, 0.5) is 0 Å². The second kappa shape index (κ2) is 5.46. The quantitative estimate of drug-likeness (QED) is 0.437. The van der Waals surface area contributed by atoms with Gasteiger partial charge in [-0.1, -0.05) is 0 Å². The maximum Gasteiger partial charge on any atom is 0.303 e. The number of Topliss-reactive ketones (excluding diaryl/α,β-unsaturated/α-hetero) is 2. The predicted octanol–water partition coefficient (Wildman–Crippen LogP) is -0.402. The third-order valence-corrected chi connectivity index (χ3v) is 8.27. The average molecular weight is 430 g/mol. The summed E-state index contributed by atoms with van der Waals surface area (Å²) >= 11 is 0. The summed E-state index contributed by atoms with van der Waals surface area (Å²) in [5.74, 6) is -1.65. The molecule has 31 heavy (non-hydrogen) atoms. The lowest BCUT2D eigenvalue weighted by Crippen LogP contribution is -2.72. The van der Waals surface area contributed by atoms with Crippen LogP contribution in [0.5, 0.6) is 0 Å². The lowest BCUT2D eigenvalue weighted by atomic mass is 9.45. The van der Waals surface area contributed by atoms with Crippen LogP contribution in [0.3, 0.4) is 0 Å². The average Bonchev–Trinajstić information content (AvgIpc) is 3.62. The van der Waals surface area contributed by atoms with Gasteiger partial charge in [-0.05, 0) is 13.8 Å². The standard InChI is InChI=1S/C22H22O9/c1-5-9-10-11(15(29-7(3)23)18-17(30-18)14(10)25)21(28-5)22-8(4-27-6(2)12(9)22)13(24)16-19(31-16)20(22)26/h4-6,9,12-13,15-19,21,24H,1-3H3/t5-,6+,9?,12-,13-,15-,16+,17+,18+,19-,21+,22-/m0/s1. The van der Waals surface area contributed by atoms with Crippen LogP contribution in [0.1, 0.15) is 20.8 Å². The molecule has 1 saturated carbocycles. The molecule has 2 bridgehead atoms. The third kappa shape index (κ3) is 1.92. The van der Waals surface area contributed by atoms with Crippen molar-refractivity contribution in [3.05, 3.63) is 23.0 Å². The molecule has 0 aromatic rings. The van der Waals surface area contributed by atoms with Crippen molar-refractivity contribution in [2.75, 3.05) is 0 Å². The Bertz CT molecular complexity index is 1030. The number of aliphatic hydroxyl groups is 1. The Balaban J connectivity index is 1.50. The molecule has 4 fully saturated rings. The monoisotopic (exact) mass is 430 g/mol. The van der Waals surface area contributed by atoms with Crippen molar-refractivity contribution in [3.63, 3.8) is 0 Å². The van der Waals surface area contributed by atoms with Crippen LogP contribution >= 0.6 is 0 Å². The normalized spacial score (nSPS) is 55.1. The van der Waals surface area contributed by atoms with Crippen molar-refractivity contribution < 1.29 is 43.2 Å². The van der Waals surface area contributed by atoms with Gasteiger partial charge in [0, 0.05) is 35.5 Å². The minimum Gasteiger partial charge on any atom is -0.498 e. The van der Waals surface area contributed by atoms with E-state index in [1.165, 1.54) is 13.2 Å². The van der Waals surface area contributed by atoms with Gasteiger partial charge in [0.15, 0.2) is 23.8 Å². The number of hydrogen-bond acceptors (Lipinski definition) is 9. The van der Waals surface area contributed by atoms with Crippen molar-refractivity contribution in [2.24, 2.45) is 17.3 Å². The molecule has 9 nitrogen and oxygen atoms in total. The van der Waals surface area contributed by atoms with E-state index in [2.05, 4.69) is 0 Å². The Hall–Kier alpha value is -2.07. The molecule has 5 aliphatic heterocycles. The molecule has 5 heterocycles. The van der Waals surface area contributed by atoms with Gasteiger partial charge < -0.3 is 28.8 Å². The van der Waals surface area contributed by atoms with Gasteiger partial charge >= 0.3 is 5.97 Å². The Morgan fingerprint density at radius 2 is 1.84 bits per heavy atom. The lowest BCUT2D eigenvalue weighted by Gasteiger charge is -2.63. The number of ether oxygens (including phenoxy) is 5. The van der Waals surface area contributed by atoms with Crippen LogP contribution in [0.15, 0.2) is 23.0 Å². The molecular formula is C22H22O9. The zero-order chi connectivity index (χ0) is 21.6. The molecule has 1 unspecified atom stereocenters. The van der Waals surface area contributed by atoms with Crippen LogP contribution < -0.4 is 0 Å². The molecule has 0 aromatic heterocycles. The topological polar surface area (TPSA) is 124 Å². The molecule has 0 amide bonds. The Kier molecular flexibility index (Phi) is 3.26. The molecule has 8 aliphatic rings. The molecule has 1 spiro atoms. The van der Waals surface area contributed by atoms with Gasteiger partial charge in [-0.25, -0.2) is 0 Å². The van der Waals surface area contributed by atoms with E-state index in [4.69, 9.17) is 23.7 Å². The summed E-state index contributed by atoms with van der Waals surface area (Å²) in [4.78, 5) is 39.1. The molecule has 3 aliphatic carbocycles. The fourth-order valence-corrected chi connectivity index (χ4v) is 7.14. The zero-order valence-corrected chi connectivity index (χ0v) is 17.1. The summed E-state index contributed by atoms with van der Waals surface area (Å²) in [6.07, 6.45) is -4.44. The van der Waals surface area contributed by atoms with E-state index in [1.807, 2.05) is 13.8 Å². The van der Waals surface area contributed by atoms with Crippen molar-refractivity contribution in [1.82, 2.24) is 0 Å². The summed E-state index contributed by atoms with van der Waals surface area (Å²) in [7, 11) is 0. The van der Waals surface area contributed by atoms with Crippen molar-refractivity contribution in [3.8, 4) is 0 Å². The molecule has 0 aromatic carbocycles. The van der Waals surface area contributed by atoms with E-state index >= 15 is 0 Å². The fourth-order valence-electron chi connectivity index (χ4n) is 7.14. The van der Waals surface area contributed by atoms with Gasteiger partial charge in [0.2, 0.25) is 0 Å². The number of aliphatic hydroxyl groups excluding tert-OH is 1. The van der Waals surface area contributed by atoms with E-state index in [0.29, 0.717) is 16.7 Å². The highest BCUT2D eigenvalue weighted by Gasteiger charge is 2.79. The van der Waals surface area contributed by atoms with Gasteiger partial charge in [0.1, 0.15) is 30.5 Å². The van der Waals surface area contributed by atoms with Gasteiger partial charge in [-0.3, -0.25) is 14.4 Å². The van der Waals surface area contributed by atoms with Crippen molar-refractivity contribution in [2.45, 2.75) is 75.7 Å². The van der Waals surface area contributed by atoms with Crippen molar-refractivity contribution >= 4 is 17.5 Å². The van der Waals surface area contributed by atoms with Gasteiger partial charge in [-0.2, -0.15) is 0 Å². The summed E-state index contributed by atoms with van der Waals surface area (Å²) in [6.45, 7) is 5.06. The third-order valence-electron chi connectivity index (χ3n) is 8.27. The summed E-state index contributed by atoms with van der Waals surface area (Å²) < 4.78 is 29.1. The maximum atomic E-state index is 13.9. The maximum absolute atomic E-state index is 13.9. The van der Waals surface area contributed by atoms with Gasteiger partial charge in [0.05, 0.1) is 23.9 Å². The molecule has 9 heteroatoms. The number of fused-ring (bicyclic) bond motifs is 3. The molecule has 0 radical (unpaired) electrons. The largest absolute Gasteiger partial charge is 0.498 e. The second-order valence-electron chi connectivity index (χ2n) is 9.67. The highest BCUT2D eigenvalue weighted by atomic mass is 16.6. The highest BCUT2D eigenvalue weighted by molar-refractivity contribution is 6.06. The molecule has 3 saturated heterocycles. The summed E-state index contributed by atoms with van der Waals surface area (Å²) in [6, 6.07) is 0. The molecule has 164 valence electrons. The number of epoxide rings is 2. The number of hydrogen-bond donors (Lipinski definition) is 1. The first-order valence-corrected chi connectivity index (χ1v) is 10.8. The number of ketones is 2. The van der Waals surface area contributed by atoms with Crippen LogP contribution in [0, 0.1) is 17.3 Å². The Labute approximate surface area is 177 Å². The number of carbonyl (C=O) groups excluding carboxylic acids is 3. The van der Waals surface area contributed by atoms with Crippen LogP contribution in [-0.4, -0.2) is 77.6 Å². The van der Waals surface area contributed by atoms with E-state index in [-0.39, 0.29) is 23.8 Å². The minimum absolute atomic E-state index is 0.129. The van der Waals surface area contributed by atoms with E-state index in [9.17, 15) is 19.5 Å². The van der Waals surface area contributed by atoms with Crippen LogP contribution in [-0.2, 0) is 38.1 Å². The molecule has 1 N–H and O–H groups in total. The van der Waals surface area contributed by atoms with E-state index < -0.39 is 65.9 Å². The van der Waals surface area contributed by atoms with Crippen LogP contribution in [0.25, 0.3) is 0 Å². The number of carbonyl (C=O) groups is 3. The Morgan fingerprint density at radius 1 is 1.10 bits per heavy atom. The van der Waals surface area contributed by atoms with E-state index in [1.54, 1.807) is 0 Å². The predicted molar refractivity (Wildman–Crippen MR) is 98.3 cm³/mol. The van der Waals surface area contributed by atoms with Gasteiger partial charge in [0.25, 0.3) is 0 Å². The fraction of sp³-hybridized carbons (Fsp3) is 0.682.